The van der Waals surface area contributed by atoms with Crippen molar-refractivity contribution in [3.63, 3.8) is 0 Å². The summed E-state index contributed by atoms with van der Waals surface area (Å²) in [5.74, 6) is 2.60. The third kappa shape index (κ3) is 7.34. The van der Waals surface area contributed by atoms with Crippen molar-refractivity contribution in [1.29, 1.82) is 0 Å². The van der Waals surface area contributed by atoms with E-state index in [1.807, 2.05) is 18.2 Å². The van der Waals surface area contributed by atoms with Gasteiger partial charge in [0.2, 0.25) is 0 Å². The molecule has 0 spiro atoms. The summed E-state index contributed by atoms with van der Waals surface area (Å²) in [5.41, 5.74) is 6.14. The number of nitrogens with zero attached hydrogens (tertiary/aromatic N) is 1. The molecule has 1 atom stereocenters. The van der Waals surface area contributed by atoms with Gasteiger partial charge in [0.15, 0.2) is 0 Å². The lowest BCUT2D eigenvalue weighted by atomic mass is 9.91. The van der Waals surface area contributed by atoms with Crippen LogP contribution in [0, 0.1) is 11.8 Å². The van der Waals surface area contributed by atoms with Gasteiger partial charge < -0.3 is 19.5 Å². The molecule has 2 aliphatic rings. The Morgan fingerprint density at radius 2 is 1.65 bits per heavy atom. The minimum Gasteiger partial charge on any atom is -0.497 e. The van der Waals surface area contributed by atoms with E-state index in [1.165, 1.54) is 22.4 Å². The number of anilines is 1. The van der Waals surface area contributed by atoms with Gasteiger partial charge in [0.1, 0.15) is 11.5 Å². The van der Waals surface area contributed by atoms with Gasteiger partial charge in [-0.25, -0.2) is 0 Å². The van der Waals surface area contributed by atoms with Crippen LogP contribution in [0.1, 0.15) is 68.9 Å². The van der Waals surface area contributed by atoms with E-state index in [9.17, 15) is 9.90 Å². The number of ether oxygens (including phenoxy) is 2. The van der Waals surface area contributed by atoms with Crippen LogP contribution in [-0.2, 0) is 4.79 Å². The summed E-state index contributed by atoms with van der Waals surface area (Å²) < 4.78 is 11.8. The number of hydrogen-bond acceptors (Lipinski definition) is 4. The lowest BCUT2D eigenvalue weighted by Crippen LogP contribution is -2.35. The van der Waals surface area contributed by atoms with Crippen molar-refractivity contribution >= 4 is 25.2 Å². The normalized spacial score (nSPS) is 16.4. The largest absolute Gasteiger partial charge is 0.497 e. The standard InChI is InChI=1S/C34H41NO4.H2S/c1-23(2)25-7-9-26(10-8-25)31-14-13-29(38-3)20-33(31)35-17-15-24(16-18-35)22-39-30-6-4-5-28(19-30)32(21-34(36)37)27-11-12-27;/h4-10,13-14,19-20,23-24,27,32H,11-12,15-18,21-22H2,1-3H3,(H,36,37);1H2/t32-;/m0./s1. The van der Waals surface area contributed by atoms with Gasteiger partial charge in [0.25, 0.3) is 0 Å². The summed E-state index contributed by atoms with van der Waals surface area (Å²) in [6.07, 6.45) is 4.57. The fourth-order valence-electron chi connectivity index (χ4n) is 5.82. The highest BCUT2D eigenvalue weighted by molar-refractivity contribution is 7.59. The van der Waals surface area contributed by atoms with E-state index in [-0.39, 0.29) is 25.8 Å². The average molecular weight is 562 g/mol. The summed E-state index contributed by atoms with van der Waals surface area (Å²) in [5, 5.41) is 9.37. The molecule has 2 fully saturated rings. The highest BCUT2D eigenvalue weighted by atomic mass is 32.1. The van der Waals surface area contributed by atoms with Crippen molar-refractivity contribution < 1.29 is 19.4 Å². The Hall–Kier alpha value is -3.12. The Balaban J connectivity index is 0.00000370. The molecular weight excluding hydrogens is 518 g/mol. The number of piperidine rings is 1. The van der Waals surface area contributed by atoms with Crippen LogP contribution in [0.3, 0.4) is 0 Å². The second kappa shape index (κ2) is 13.5. The molecule has 6 heteroatoms. The summed E-state index contributed by atoms with van der Waals surface area (Å²) in [6.45, 7) is 7.08. The minimum absolute atomic E-state index is 0. The SMILES string of the molecule is COc1ccc(-c2ccc(C(C)C)cc2)c(N2CCC(COc3cccc([C@@H](CC(=O)O)C4CC4)c3)CC2)c1.S. The van der Waals surface area contributed by atoms with Crippen molar-refractivity contribution in [2.24, 2.45) is 11.8 Å². The van der Waals surface area contributed by atoms with Crippen molar-refractivity contribution in [3.05, 3.63) is 77.9 Å². The zero-order chi connectivity index (χ0) is 27.4. The van der Waals surface area contributed by atoms with Gasteiger partial charge in [-0.3, -0.25) is 4.79 Å². The maximum absolute atomic E-state index is 11.4. The predicted molar refractivity (Wildman–Crippen MR) is 167 cm³/mol. The van der Waals surface area contributed by atoms with E-state index in [2.05, 4.69) is 67.3 Å². The highest BCUT2D eigenvalue weighted by Crippen LogP contribution is 2.45. The number of aliphatic carboxylic acids is 1. The van der Waals surface area contributed by atoms with Crippen LogP contribution in [0.5, 0.6) is 11.5 Å². The molecule has 0 radical (unpaired) electrons. The van der Waals surface area contributed by atoms with E-state index in [0.29, 0.717) is 24.4 Å². The first-order valence-corrected chi connectivity index (χ1v) is 14.4. The highest BCUT2D eigenvalue weighted by Gasteiger charge is 2.34. The molecule has 1 N–H and O–H groups in total. The maximum Gasteiger partial charge on any atom is 0.303 e. The molecule has 1 saturated carbocycles. The Bertz CT molecular complexity index is 1260. The van der Waals surface area contributed by atoms with Crippen LogP contribution in [0.25, 0.3) is 11.1 Å². The first kappa shape index (κ1) is 29.9. The fraction of sp³-hybridized carbons (Fsp3) is 0.441. The van der Waals surface area contributed by atoms with Crippen LogP contribution in [0.15, 0.2) is 66.7 Å². The molecule has 40 heavy (non-hydrogen) atoms. The van der Waals surface area contributed by atoms with Crippen LogP contribution in [0.4, 0.5) is 5.69 Å². The lowest BCUT2D eigenvalue weighted by Gasteiger charge is -2.35. The van der Waals surface area contributed by atoms with Gasteiger partial charge in [0.05, 0.1) is 20.1 Å². The molecule has 3 aromatic rings. The number of rotatable bonds is 11. The van der Waals surface area contributed by atoms with E-state index in [1.54, 1.807) is 7.11 Å². The molecule has 214 valence electrons. The number of methoxy groups -OCH3 is 1. The van der Waals surface area contributed by atoms with Crippen LogP contribution in [0.2, 0.25) is 0 Å². The second-order valence-electron chi connectivity index (χ2n) is 11.5. The van der Waals surface area contributed by atoms with E-state index < -0.39 is 5.97 Å². The van der Waals surface area contributed by atoms with Crippen LogP contribution < -0.4 is 14.4 Å². The minimum atomic E-state index is -0.725. The van der Waals surface area contributed by atoms with Crippen LogP contribution in [-0.4, -0.2) is 37.9 Å². The van der Waals surface area contributed by atoms with Crippen molar-refractivity contribution in [2.45, 2.75) is 57.8 Å². The Morgan fingerprint density at radius 3 is 2.27 bits per heavy atom. The smallest absolute Gasteiger partial charge is 0.303 e. The van der Waals surface area contributed by atoms with Gasteiger partial charge in [-0.05, 0) is 90.3 Å². The zero-order valence-electron chi connectivity index (χ0n) is 23.9. The number of benzene rings is 3. The Kier molecular flexibility index (Phi) is 10.1. The molecule has 0 amide bonds. The molecule has 3 aromatic carbocycles. The van der Waals surface area contributed by atoms with Gasteiger partial charge in [-0.15, -0.1) is 0 Å². The summed E-state index contributed by atoms with van der Waals surface area (Å²) >= 11 is 0. The van der Waals surface area contributed by atoms with E-state index in [0.717, 1.165) is 55.8 Å². The zero-order valence-corrected chi connectivity index (χ0v) is 24.9. The first-order valence-electron chi connectivity index (χ1n) is 14.4. The monoisotopic (exact) mass is 561 g/mol. The predicted octanol–water partition coefficient (Wildman–Crippen LogP) is 7.86. The van der Waals surface area contributed by atoms with Gasteiger partial charge in [-0.2, -0.15) is 13.5 Å². The van der Waals surface area contributed by atoms with E-state index >= 15 is 0 Å². The number of carbonyl (C=O) groups is 1. The molecule has 5 rings (SSSR count). The quantitative estimate of drug-likeness (QED) is 0.258. The molecule has 5 nitrogen and oxygen atoms in total. The van der Waals surface area contributed by atoms with Gasteiger partial charge in [0, 0.05) is 30.4 Å². The topological polar surface area (TPSA) is 59.0 Å². The van der Waals surface area contributed by atoms with Gasteiger partial charge >= 0.3 is 5.97 Å². The van der Waals surface area contributed by atoms with Crippen molar-refractivity contribution in [1.82, 2.24) is 0 Å². The fourth-order valence-corrected chi connectivity index (χ4v) is 5.82. The molecule has 1 aliphatic carbocycles. The summed E-state index contributed by atoms with van der Waals surface area (Å²) in [4.78, 5) is 13.9. The second-order valence-corrected chi connectivity index (χ2v) is 11.5. The van der Waals surface area contributed by atoms with Gasteiger partial charge in [-0.1, -0.05) is 50.2 Å². The van der Waals surface area contributed by atoms with E-state index in [4.69, 9.17) is 9.47 Å². The molecule has 1 aliphatic heterocycles. The average Bonchev–Trinajstić information content (AvgIpc) is 3.80. The third-order valence-corrected chi connectivity index (χ3v) is 8.41. The molecule has 1 saturated heterocycles. The molecule has 0 aromatic heterocycles. The third-order valence-electron chi connectivity index (χ3n) is 8.41. The number of hydrogen-bond donors (Lipinski definition) is 1. The first-order chi connectivity index (χ1) is 18.9. The summed E-state index contributed by atoms with van der Waals surface area (Å²) in [7, 11) is 1.73. The molecule has 0 bridgehead atoms. The summed E-state index contributed by atoms with van der Waals surface area (Å²) in [6, 6.07) is 23.5. The molecule has 1 heterocycles. The number of carboxylic acids is 1. The maximum atomic E-state index is 11.4. The lowest BCUT2D eigenvalue weighted by molar-refractivity contribution is -0.137. The van der Waals surface area contributed by atoms with Crippen molar-refractivity contribution in [3.8, 4) is 22.6 Å². The van der Waals surface area contributed by atoms with Crippen molar-refractivity contribution in [2.75, 3.05) is 31.7 Å². The Labute approximate surface area is 246 Å². The Morgan fingerprint density at radius 1 is 0.925 bits per heavy atom. The van der Waals surface area contributed by atoms with Crippen LogP contribution >= 0.6 is 13.5 Å². The molecule has 0 unspecified atom stereocenters. The molecular formula is C34H43NO4S. The number of carboxylic acid groups (broad SMARTS) is 1.